The summed E-state index contributed by atoms with van der Waals surface area (Å²) in [4.78, 5) is 30.5. The molecule has 0 N–H and O–H groups in total. The molecule has 0 saturated carbocycles. The molecule has 0 amide bonds. The van der Waals surface area contributed by atoms with Crippen LogP contribution in [0.2, 0.25) is 5.02 Å². The van der Waals surface area contributed by atoms with Crippen LogP contribution in [-0.4, -0.2) is 22.5 Å². The van der Waals surface area contributed by atoms with E-state index in [9.17, 15) is 9.59 Å². The second-order valence-electron chi connectivity index (χ2n) is 9.87. The van der Waals surface area contributed by atoms with Crippen molar-refractivity contribution in [3.8, 4) is 11.1 Å². The van der Waals surface area contributed by atoms with Gasteiger partial charge in [-0.3, -0.25) is 4.79 Å². The average Bonchev–Trinajstić information content (AvgIpc) is 3.04. The highest BCUT2D eigenvalue weighted by atomic mass is 79.9. The van der Waals surface area contributed by atoms with Crippen LogP contribution in [0.4, 0.5) is 0 Å². The van der Waals surface area contributed by atoms with E-state index in [1.54, 1.807) is 32.9 Å². The fourth-order valence-corrected chi connectivity index (χ4v) is 4.96. The van der Waals surface area contributed by atoms with Gasteiger partial charge in [0.15, 0.2) is 10.0 Å². The Kier molecular flexibility index (Phi) is 7.39. The number of esters is 2. The van der Waals surface area contributed by atoms with Gasteiger partial charge >= 0.3 is 11.9 Å². The van der Waals surface area contributed by atoms with Gasteiger partial charge in [-0.15, -0.1) is 11.3 Å². The summed E-state index contributed by atoms with van der Waals surface area (Å²) in [7, 11) is 0. The Labute approximate surface area is 211 Å². The third-order valence-electron chi connectivity index (χ3n) is 4.79. The van der Waals surface area contributed by atoms with Crippen molar-refractivity contribution < 1.29 is 19.1 Å². The maximum atomic E-state index is 13.4. The number of nitrogens with zero attached hydrogens (tertiary/aromatic N) is 1. The highest BCUT2D eigenvalue weighted by Crippen LogP contribution is 2.44. The summed E-state index contributed by atoms with van der Waals surface area (Å²) >= 11 is 11.1. The maximum absolute atomic E-state index is 13.4. The molecule has 1 heterocycles. The molecule has 3 rings (SSSR count). The Hall–Kier alpha value is -1.80. The van der Waals surface area contributed by atoms with Crippen molar-refractivity contribution in [2.75, 3.05) is 0 Å². The minimum atomic E-state index is -1.12. The number of thiazole rings is 1. The summed E-state index contributed by atoms with van der Waals surface area (Å²) in [5.74, 6) is -1.35. The summed E-state index contributed by atoms with van der Waals surface area (Å²) in [5, 5.41) is 0.604. The highest BCUT2D eigenvalue weighted by Gasteiger charge is 2.36. The number of benzene rings is 2. The fraction of sp³-hybridized carbons (Fsp3) is 0.400. The summed E-state index contributed by atoms with van der Waals surface area (Å²) in [6, 6.07) is 9.31. The lowest BCUT2D eigenvalue weighted by molar-refractivity contribution is -0.179. The molecule has 0 unspecified atom stereocenters. The van der Waals surface area contributed by atoms with E-state index in [0.29, 0.717) is 10.6 Å². The number of carbonyl (C=O) groups is 2. The number of rotatable bonds is 4. The first-order valence-electron chi connectivity index (χ1n) is 10.5. The van der Waals surface area contributed by atoms with Crippen molar-refractivity contribution in [1.29, 1.82) is 0 Å². The summed E-state index contributed by atoms with van der Waals surface area (Å²) in [6.07, 6.45) is -1.12. The Morgan fingerprint density at radius 2 is 1.70 bits per heavy atom. The summed E-state index contributed by atoms with van der Waals surface area (Å²) in [6.45, 7) is 12.6. The molecule has 0 aliphatic carbocycles. The molecule has 8 heteroatoms. The third kappa shape index (κ3) is 6.01. The van der Waals surface area contributed by atoms with Crippen molar-refractivity contribution in [2.24, 2.45) is 5.41 Å². The van der Waals surface area contributed by atoms with E-state index in [1.807, 2.05) is 45.9 Å². The lowest BCUT2D eigenvalue weighted by Gasteiger charge is -2.29. The van der Waals surface area contributed by atoms with Crippen molar-refractivity contribution in [3.05, 3.63) is 50.4 Å². The van der Waals surface area contributed by atoms with E-state index in [2.05, 4.69) is 20.9 Å². The first kappa shape index (κ1) is 25.8. The third-order valence-corrected chi connectivity index (χ3v) is 6.58. The number of halogens is 2. The predicted octanol–water partition coefficient (Wildman–Crippen LogP) is 7.66. The SMILES string of the molecule is Cc1cc2nc(Br)sc2c(-c2ccc(Cl)cc2)c1[C@H](OC(C)(C)C)C(=O)OC(=O)C(C)(C)C. The van der Waals surface area contributed by atoms with E-state index >= 15 is 0 Å². The number of ether oxygens (including phenoxy) is 2. The minimum Gasteiger partial charge on any atom is -0.391 e. The zero-order chi connectivity index (χ0) is 24.7. The molecule has 1 atom stereocenters. The van der Waals surface area contributed by atoms with Gasteiger partial charge in [0.1, 0.15) is 0 Å². The van der Waals surface area contributed by atoms with Crippen LogP contribution in [0.1, 0.15) is 58.8 Å². The number of hydrogen-bond donors (Lipinski definition) is 0. The van der Waals surface area contributed by atoms with Gasteiger partial charge in [0, 0.05) is 16.1 Å². The van der Waals surface area contributed by atoms with Crippen LogP contribution >= 0.6 is 38.9 Å². The molecule has 0 fully saturated rings. The Morgan fingerprint density at radius 1 is 1.09 bits per heavy atom. The maximum Gasteiger partial charge on any atom is 0.347 e. The van der Waals surface area contributed by atoms with E-state index < -0.39 is 29.1 Å². The van der Waals surface area contributed by atoms with Gasteiger partial charge in [0.25, 0.3) is 0 Å². The predicted molar refractivity (Wildman–Crippen MR) is 137 cm³/mol. The standard InChI is InChI=1S/C25H27BrClNO4S/c1-13-12-16-20(33-23(26)28-16)18(14-8-10-15(27)11-9-14)17(13)19(32-25(5,6)7)21(29)31-22(30)24(2,3)4/h8-12,19H,1-7H3/t19-/m0/s1. The van der Waals surface area contributed by atoms with Gasteiger partial charge in [-0.2, -0.15) is 0 Å². The van der Waals surface area contributed by atoms with Crippen molar-refractivity contribution in [3.63, 3.8) is 0 Å². The summed E-state index contributed by atoms with van der Waals surface area (Å²) in [5.41, 5.74) is 2.40. The topological polar surface area (TPSA) is 65.5 Å². The zero-order valence-electron chi connectivity index (χ0n) is 19.7. The Balaban J connectivity index is 2.28. The van der Waals surface area contributed by atoms with Gasteiger partial charge in [0.05, 0.1) is 21.2 Å². The van der Waals surface area contributed by atoms with E-state index in [4.69, 9.17) is 21.1 Å². The lowest BCUT2D eigenvalue weighted by atomic mass is 9.91. The summed E-state index contributed by atoms with van der Waals surface area (Å²) < 4.78 is 13.2. The average molecular weight is 553 g/mol. The van der Waals surface area contributed by atoms with Crippen LogP contribution in [0.5, 0.6) is 0 Å². The second kappa shape index (κ2) is 9.45. The van der Waals surface area contributed by atoms with Gasteiger partial charge in [0.2, 0.25) is 0 Å². The first-order chi connectivity index (χ1) is 15.2. The number of carbonyl (C=O) groups excluding carboxylic acids is 2. The molecule has 0 aliphatic heterocycles. The lowest BCUT2D eigenvalue weighted by Crippen LogP contribution is -2.33. The quantitative estimate of drug-likeness (QED) is 0.245. The van der Waals surface area contributed by atoms with Gasteiger partial charge in [-0.25, -0.2) is 9.78 Å². The molecule has 2 aromatic carbocycles. The molecule has 5 nitrogen and oxygen atoms in total. The molecule has 33 heavy (non-hydrogen) atoms. The molecule has 0 aliphatic rings. The van der Waals surface area contributed by atoms with Gasteiger partial charge in [-0.1, -0.05) is 23.7 Å². The van der Waals surface area contributed by atoms with E-state index in [1.165, 1.54) is 11.3 Å². The van der Waals surface area contributed by atoms with Crippen molar-refractivity contribution in [1.82, 2.24) is 4.98 Å². The number of aryl methyl sites for hydroxylation is 1. The van der Waals surface area contributed by atoms with E-state index in [0.717, 1.165) is 30.8 Å². The van der Waals surface area contributed by atoms with Crippen molar-refractivity contribution in [2.45, 2.75) is 60.2 Å². The number of fused-ring (bicyclic) bond motifs is 1. The molecule has 0 saturated heterocycles. The fourth-order valence-electron chi connectivity index (χ4n) is 3.30. The van der Waals surface area contributed by atoms with Crippen molar-refractivity contribution >= 4 is 61.0 Å². The zero-order valence-corrected chi connectivity index (χ0v) is 22.9. The van der Waals surface area contributed by atoms with E-state index in [-0.39, 0.29) is 0 Å². The monoisotopic (exact) mass is 551 g/mol. The largest absolute Gasteiger partial charge is 0.391 e. The molecular weight excluding hydrogens is 526 g/mol. The van der Waals surface area contributed by atoms with Gasteiger partial charge in [-0.05, 0) is 93.7 Å². The van der Waals surface area contributed by atoms with Crippen LogP contribution in [0.3, 0.4) is 0 Å². The molecule has 3 aromatic rings. The number of aromatic nitrogens is 1. The molecule has 0 bridgehead atoms. The van der Waals surface area contributed by atoms with Crippen LogP contribution in [0.15, 0.2) is 34.2 Å². The van der Waals surface area contributed by atoms with Crippen LogP contribution in [0.25, 0.3) is 21.3 Å². The molecule has 176 valence electrons. The number of hydrogen-bond acceptors (Lipinski definition) is 6. The molecular formula is C25H27BrClNO4S. The first-order valence-corrected chi connectivity index (χ1v) is 12.5. The van der Waals surface area contributed by atoms with Gasteiger partial charge < -0.3 is 9.47 Å². The molecule has 0 spiro atoms. The van der Waals surface area contributed by atoms with Crippen LogP contribution in [-0.2, 0) is 19.1 Å². The second-order valence-corrected chi connectivity index (χ2v) is 12.6. The molecule has 0 radical (unpaired) electrons. The highest BCUT2D eigenvalue weighted by molar-refractivity contribution is 9.11. The van der Waals surface area contributed by atoms with Crippen LogP contribution < -0.4 is 0 Å². The minimum absolute atomic E-state index is 0.604. The Morgan fingerprint density at radius 3 is 2.24 bits per heavy atom. The Bertz CT molecular complexity index is 1210. The smallest absolute Gasteiger partial charge is 0.347 e. The normalized spacial score (nSPS) is 13.2. The van der Waals surface area contributed by atoms with Crippen LogP contribution in [0, 0.1) is 12.3 Å². The molecule has 1 aromatic heterocycles.